The first-order chi connectivity index (χ1) is 14.2. The van der Waals surface area contributed by atoms with Crippen molar-refractivity contribution in [2.75, 3.05) is 19.8 Å². The van der Waals surface area contributed by atoms with Crippen LogP contribution >= 0.6 is 0 Å². The highest BCUT2D eigenvalue weighted by Gasteiger charge is 2.34. The molecule has 0 aliphatic carbocycles. The van der Waals surface area contributed by atoms with Crippen molar-refractivity contribution in [2.24, 2.45) is 5.92 Å². The quantitative estimate of drug-likeness (QED) is 0.627. The lowest BCUT2D eigenvalue weighted by Crippen LogP contribution is -2.41. The number of pyridine rings is 1. The molecule has 0 saturated carbocycles. The van der Waals surface area contributed by atoms with E-state index in [0.29, 0.717) is 38.3 Å². The number of aromatic nitrogens is 1. The molecule has 0 radical (unpaired) electrons. The molecule has 1 N–H and O–H groups in total. The summed E-state index contributed by atoms with van der Waals surface area (Å²) in [6.45, 7) is 1.74. The molecule has 0 spiro atoms. The van der Waals surface area contributed by atoms with E-state index in [1.165, 1.54) is 6.07 Å². The fourth-order valence-corrected chi connectivity index (χ4v) is 3.81. The van der Waals surface area contributed by atoms with Crippen LogP contribution in [0.4, 0.5) is 0 Å². The van der Waals surface area contributed by atoms with Crippen molar-refractivity contribution in [2.45, 2.75) is 25.4 Å². The van der Waals surface area contributed by atoms with Crippen LogP contribution in [0.1, 0.15) is 40.4 Å². The molecular formula is C21H22N2O6. The highest BCUT2D eigenvalue weighted by Crippen LogP contribution is 2.34. The summed E-state index contributed by atoms with van der Waals surface area (Å²) >= 11 is 0. The van der Waals surface area contributed by atoms with Gasteiger partial charge in [0.25, 0.3) is 0 Å². The normalized spacial score (nSPS) is 19.6. The number of benzene rings is 1. The fraction of sp³-hybridized carbons (Fsp3) is 0.381. The molecule has 2 aliphatic rings. The maximum absolute atomic E-state index is 13.4. The van der Waals surface area contributed by atoms with Gasteiger partial charge in [0.05, 0.1) is 18.2 Å². The molecule has 0 bridgehead atoms. The van der Waals surface area contributed by atoms with Crippen LogP contribution in [0.25, 0.3) is 0 Å². The molecule has 1 saturated heterocycles. The lowest BCUT2D eigenvalue weighted by Gasteiger charge is -2.33. The Balaban J connectivity index is 1.68. The van der Waals surface area contributed by atoms with E-state index >= 15 is 0 Å². The minimum atomic E-state index is -0.861. The van der Waals surface area contributed by atoms with Gasteiger partial charge in [-0.25, -0.2) is 4.79 Å². The summed E-state index contributed by atoms with van der Waals surface area (Å²) in [5.41, 5.74) is 1.84. The predicted molar refractivity (Wildman–Crippen MR) is 101 cm³/mol. The predicted octanol–water partition coefficient (Wildman–Crippen LogP) is 2.60. The molecule has 152 valence electrons. The number of hydrogen-bond donors (Lipinski definition) is 1. The van der Waals surface area contributed by atoms with Crippen LogP contribution < -0.4 is 4.74 Å². The number of carbonyl (C=O) groups is 2. The van der Waals surface area contributed by atoms with E-state index in [9.17, 15) is 9.59 Å². The summed E-state index contributed by atoms with van der Waals surface area (Å²) in [4.78, 5) is 34.9. The Labute approximate surface area is 167 Å². The first kappa shape index (κ1) is 19.4. The van der Waals surface area contributed by atoms with Crippen molar-refractivity contribution >= 4 is 11.9 Å². The van der Waals surface area contributed by atoms with Crippen LogP contribution in [-0.4, -0.2) is 46.8 Å². The first-order valence-electron chi connectivity index (χ1n) is 9.57. The second-order valence-corrected chi connectivity index (χ2v) is 7.17. The van der Waals surface area contributed by atoms with Crippen molar-refractivity contribution in [1.29, 1.82) is 0 Å². The number of rotatable bonds is 3. The molecule has 1 amide bonds. The van der Waals surface area contributed by atoms with Gasteiger partial charge in [0.1, 0.15) is 12.4 Å². The average Bonchev–Trinajstić information content (AvgIpc) is 2.98. The number of nitrogens with zero attached hydrogens (tertiary/aromatic N) is 2. The molecule has 1 fully saturated rings. The second kappa shape index (κ2) is 8.59. The Morgan fingerprint density at radius 1 is 1.21 bits per heavy atom. The van der Waals surface area contributed by atoms with Crippen LogP contribution in [-0.2, 0) is 21.0 Å². The fourth-order valence-electron chi connectivity index (χ4n) is 3.81. The minimum Gasteiger partial charge on any atom is -0.491 e. The zero-order chi connectivity index (χ0) is 20.2. The molecule has 1 aromatic carbocycles. The topological polar surface area (TPSA) is 98.2 Å². The molecule has 1 atom stereocenters. The second-order valence-electron chi connectivity index (χ2n) is 7.17. The van der Waals surface area contributed by atoms with Crippen LogP contribution in [0.15, 0.2) is 42.7 Å². The van der Waals surface area contributed by atoms with E-state index in [-0.39, 0.29) is 30.0 Å². The summed E-state index contributed by atoms with van der Waals surface area (Å²) < 4.78 is 11.4. The van der Waals surface area contributed by atoms with E-state index in [1.54, 1.807) is 24.5 Å². The monoisotopic (exact) mass is 398 g/mol. The third-order valence-corrected chi connectivity index (χ3v) is 5.42. The van der Waals surface area contributed by atoms with E-state index in [4.69, 9.17) is 14.7 Å². The lowest BCUT2D eigenvalue weighted by molar-refractivity contribution is -0.182. The van der Waals surface area contributed by atoms with Gasteiger partial charge < -0.3 is 14.4 Å². The number of fused-ring (bicyclic) bond motifs is 1. The summed E-state index contributed by atoms with van der Waals surface area (Å²) in [5.74, 6) is -0.394. The molecule has 8 nitrogen and oxygen atoms in total. The molecular weight excluding hydrogens is 376 g/mol. The third-order valence-electron chi connectivity index (χ3n) is 5.42. The Kier molecular flexibility index (Phi) is 5.73. The van der Waals surface area contributed by atoms with E-state index in [0.717, 1.165) is 11.1 Å². The highest BCUT2D eigenvalue weighted by molar-refractivity contribution is 5.89. The molecule has 2 aromatic rings. The van der Waals surface area contributed by atoms with Crippen LogP contribution in [0.3, 0.4) is 0 Å². The average molecular weight is 398 g/mol. The van der Waals surface area contributed by atoms with Gasteiger partial charge in [-0.15, -0.1) is 0 Å². The number of amides is 1. The largest absolute Gasteiger partial charge is 0.491 e. The van der Waals surface area contributed by atoms with E-state index in [1.807, 2.05) is 17.0 Å². The van der Waals surface area contributed by atoms with Gasteiger partial charge in [-0.3, -0.25) is 14.7 Å². The number of carbonyl (C=O) groups excluding carboxylic acids is 2. The standard InChI is InChI=1S/C21H22N2O6/c24-20(14-5-8-27-9-6-14)23-12-17-4-3-15(21(25)29-26)10-19(17)28-13-18(23)16-2-1-7-22-11-16/h1-4,7,10-11,14,18,26H,5-6,8-9,12-13H2/t18-/m0/s1. The van der Waals surface area contributed by atoms with E-state index in [2.05, 4.69) is 9.87 Å². The number of hydrogen-bond acceptors (Lipinski definition) is 7. The van der Waals surface area contributed by atoms with Gasteiger partial charge in [0.2, 0.25) is 5.91 Å². The van der Waals surface area contributed by atoms with Gasteiger partial charge in [-0.1, -0.05) is 12.1 Å². The van der Waals surface area contributed by atoms with Crippen molar-refractivity contribution in [3.8, 4) is 5.75 Å². The smallest absolute Gasteiger partial charge is 0.372 e. The number of ether oxygens (including phenoxy) is 2. The SMILES string of the molecule is O=C(OO)c1ccc2c(c1)OC[C@@H](c1cccnc1)N(C(=O)C1CCOCC1)C2. The lowest BCUT2D eigenvalue weighted by atomic mass is 9.96. The Hall–Kier alpha value is -2.97. The van der Waals surface area contributed by atoms with Crippen molar-refractivity contribution < 1.29 is 29.2 Å². The Morgan fingerprint density at radius 2 is 2.03 bits per heavy atom. The third kappa shape index (κ3) is 4.08. The van der Waals surface area contributed by atoms with Crippen LogP contribution in [0.5, 0.6) is 5.75 Å². The van der Waals surface area contributed by atoms with Gasteiger partial charge >= 0.3 is 5.97 Å². The molecule has 1 aromatic heterocycles. The summed E-state index contributed by atoms with van der Waals surface area (Å²) in [7, 11) is 0. The zero-order valence-electron chi connectivity index (χ0n) is 15.8. The molecule has 3 heterocycles. The van der Waals surface area contributed by atoms with Crippen LogP contribution in [0.2, 0.25) is 0 Å². The maximum Gasteiger partial charge on any atom is 0.372 e. The highest BCUT2D eigenvalue weighted by atomic mass is 17.1. The van der Waals surface area contributed by atoms with Gasteiger partial charge in [0.15, 0.2) is 0 Å². The maximum atomic E-state index is 13.4. The van der Waals surface area contributed by atoms with Crippen molar-refractivity contribution in [1.82, 2.24) is 9.88 Å². The summed E-state index contributed by atoms with van der Waals surface area (Å²) in [6, 6.07) is 8.24. The molecule has 0 unspecified atom stereocenters. The summed E-state index contributed by atoms with van der Waals surface area (Å²) in [6.07, 6.45) is 4.82. The van der Waals surface area contributed by atoms with Gasteiger partial charge in [-0.2, -0.15) is 5.26 Å². The molecule has 4 rings (SSSR count). The van der Waals surface area contributed by atoms with Gasteiger partial charge in [0, 0.05) is 37.1 Å². The molecule has 29 heavy (non-hydrogen) atoms. The van der Waals surface area contributed by atoms with Crippen molar-refractivity contribution in [3.05, 3.63) is 59.4 Å². The molecule has 8 heteroatoms. The van der Waals surface area contributed by atoms with E-state index < -0.39 is 5.97 Å². The first-order valence-corrected chi connectivity index (χ1v) is 9.57. The van der Waals surface area contributed by atoms with Crippen LogP contribution in [0, 0.1) is 5.92 Å². The Morgan fingerprint density at radius 3 is 2.76 bits per heavy atom. The summed E-state index contributed by atoms with van der Waals surface area (Å²) in [5, 5.41) is 8.64. The van der Waals surface area contributed by atoms with Crippen molar-refractivity contribution in [3.63, 3.8) is 0 Å². The molecule has 2 aliphatic heterocycles. The zero-order valence-corrected chi connectivity index (χ0v) is 15.8. The van der Waals surface area contributed by atoms with Gasteiger partial charge in [-0.05, 0) is 36.6 Å². The minimum absolute atomic E-state index is 0.0671. The Bertz CT molecular complexity index is 882.